The first-order chi connectivity index (χ1) is 14.1. The lowest BCUT2D eigenvalue weighted by Gasteiger charge is -2.35. The van der Waals surface area contributed by atoms with Gasteiger partial charge in [-0.15, -0.1) is 0 Å². The molecule has 0 fully saturated rings. The highest BCUT2D eigenvalue weighted by Gasteiger charge is 2.44. The summed E-state index contributed by atoms with van der Waals surface area (Å²) >= 11 is 0. The first-order valence-corrected chi connectivity index (χ1v) is 13.3. The summed E-state index contributed by atoms with van der Waals surface area (Å²) in [7, 11) is -2.75. The predicted molar refractivity (Wildman–Crippen MR) is 127 cm³/mol. The number of rotatable bonds is 14. The Bertz CT molecular complexity index is 617. The summed E-state index contributed by atoms with van der Waals surface area (Å²) in [4.78, 5) is 0. The van der Waals surface area contributed by atoms with Crippen LogP contribution in [0.3, 0.4) is 0 Å². The third-order valence-electron chi connectivity index (χ3n) is 5.65. The molecule has 0 aromatic heterocycles. The number of unbranched alkanes of at least 4 members (excludes halogenated alkanes) is 6. The van der Waals surface area contributed by atoms with Crippen molar-refractivity contribution in [1.82, 2.24) is 0 Å². The third kappa shape index (κ3) is 7.40. The van der Waals surface area contributed by atoms with Crippen LogP contribution in [-0.4, -0.2) is 21.3 Å². The van der Waals surface area contributed by atoms with Crippen LogP contribution < -0.4 is 10.4 Å². The van der Waals surface area contributed by atoms with E-state index in [1.54, 1.807) is 0 Å². The fourth-order valence-corrected chi connectivity index (χ4v) is 6.99. The largest absolute Gasteiger partial charge is 0.407 e. The van der Waals surface area contributed by atoms with Crippen molar-refractivity contribution in [3.8, 4) is 0 Å². The highest BCUT2D eigenvalue weighted by molar-refractivity contribution is 6.92. The topological polar surface area (TPSA) is 18.5 Å². The van der Waals surface area contributed by atoms with Gasteiger partial charge in [-0.3, -0.25) is 0 Å². The zero-order valence-electron chi connectivity index (χ0n) is 18.9. The van der Waals surface area contributed by atoms with Gasteiger partial charge in [0.05, 0.1) is 0 Å². The smallest absolute Gasteiger partial charge is 0.388 e. The zero-order chi connectivity index (χ0) is 21.0. The van der Waals surface area contributed by atoms with E-state index in [0.29, 0.717) is 5.92 Å². The van der Waals surface area contributed by atoms with Gasteiger partial charge in [-0.2, -0.15) is 0 Å². The Labute approximate surface area is 179 Å². The van der Waals surface area contributed by atoms with Crippen molar-refractivity contribution in [2.75, 3.05) is 6.61 Å². The van der Waals surface area contributed by atoms with Gasteiger partial charge in [0, 0.05) is 12.7 Å². The lowest BCUT2D eigenvalue weighted by Crippen LogP contribution is -2.65. The minimum Gasteiger partial charge on any atom is -0.388 e. The molecule has 0 heterocycles. The highest BCUT2D eigenvalue weighted by atomic mass is 28.4. The lowest BCUT2D eigenvalue weighted by molar-refractivity contribution is 0.109. The molecule has 2 rings (SSSR count). The van der Waals surface area contributed by atoms with E-state index in [2.05, 4.69) is 88.4 Å². The molecule has 0 bridgehead atoms. The van der Waals surface area contributed by atoms with Crippen LogP contribution in [0.2, 0.25) is 0 Å². The molecule has 2 aromatic rings. The van der Waals surface area contributed by atoms with Crippen molar-refractivity contribution in [3.63, 3.8) is 0 Å². The Morgan fingerprint density at radius 1 is 0.690 bits per heavy atom. The Morgan fingerprint density at radius 2 is 1.17 bits per heavy atom. The first-order valence-electron chi connectivity index (χ1n) is 11.5. The van der Waals surface area contributed by atoms with Crippen LogP contribution in [0.4, 0.5) is 0 Å². The van der Waals surface area contributed by atoms with Crippen LogP contribution in [0.25, 0.3) is 0 Å². The van der Waals surface area contributed by atoms with E-state index in [1.165, 1.54) is 48.9 Å². The fraction of sp³-hybridized carbons (Fsp3) is 0.538. The van der Waals surface area contributed by atoms with Crippen molar-refractivity contribution in [1.29, 1.82) is 0 Å². The molecule has 2 aromatic carbocycles. The molecule has 0 radical (unpaired) electrons. The van der Waals surface area contributed by atoms with Crippen molar-refractivity contribution >= 4 is 18.9 Å². The maximum absolute atomic E-state index is 6.85. The monoisotopic (exact) mass is 412 g/mol. The summed E-state index contributed by atoms with van der Waals surface area (Å²) in [5, 5.41) is 2.39. The maximum atomic E-state index is 6.85. The van der Waals surface area contributed by atoms with Gasteiger partial charge < -0.3 is 8.85 Å². The van der Waals surface area contributed by atoms with Gasteiger partial charge in [0.25, 0.3) is 0 Å². The Morgan fingerprint density at radius 3 is 1.66 bits per heavy atom. The first kappa shape index (κ1) is 23.9. The van der Waals surface area contributed by atoms with E-state index >= 15 is 0 Å². The van der Waals surface area contributed by atoms with E-state index in [4.69, 9.17) is 8.85 Å². The van der Waals surface area contributed by atoms with Crippen LogP contribution in [-0.2, 0) is 8.85 Å². The molecule has 2 nitrogen and oxygen atoms in total. The Balaban J connectivity index is 2.17. The molecule has 0 amide bonds. The number of hydrogen-bond donors (Lipinski definition) is 0. The average molecular weight is 413 g/mol. The summed E-state index contributed by atoms with van der Waals surface area (Å²) in [5.74, 6) is 0.441. The second kappa shape index (κ2) is 13.0. The quantitative estimate of drug-likeness (QED) is 0.277. The van der Waals surface area contributed by atoms with Crippen LogP contribution in [0.1, 0.15) is 72.6 Å². The molecular formula is C26H40O2Si. The molecular weight excluding hydrogens is 372 g/mol. The molecule has 160 valence electrons. The molecule has 0 N–H and O–H groups in total. The van der Waals surface area contributed by atoms with Crippen molar-refractivity contribution in [3.05, 3.63) is 60.7 Å². The molecule has 29 heavy (non-hydrogen) atoms. The minimum atomic E-state index is -2.75. The molecule has 0 aliphatic carbocycles. The Hall–Kier alpha value is -1.42. The molecule has 3 heteroatoms. The van der Waals surface area contributed by atoms with Crippen LogP contribution in [0.15, 0.2) is 60.7 Å². The summed E-state index contributed by atoms with van der Waals surface area (Å²) < 4.78 is 13.6. The van der Waals surface area contributed by atoms with Crippen LogP contribution in [0.5, 0.6) is 0 Å². The van der Waals surface area contributed by atoms with E-state index in [9.17, 15) is 0 Å². The van der Waals surface area contributed by atoms with Gasteiger partial charge in [-0.05, 0) is 29.6 Å². The third-order valence-corrected chi connectivity index (χ3v) is 9.15. The molecule has 0 saturated carbocycles. The SMILES string of the molecule is CCCCCCCCCO[Si](OC(C)C(C)C)(c1ccccc1)c1ccccc1. The van der Waals surface area contributed by atoms with Crippen molar-refractivity contribution < 1.29 is 8.85 Å². The number of hydrogen-bond acceptors (Lipinski definition) is 2. The molecule has 0 aliphatic rings. The lowest BCUT2D eigenvalue weighted by atomic mass is 10.1. The van der Waals surface area contributed by atoms with Gasteiger partial charge >= 0.3 is 8.56 Å². The van der Waals surface area contributed by atoms with Crippen molar-refractivity contribution in [2.24, 2.45) is 5.92 Å². The molecule has 0 spiro atoms. The van der Waals surface area contributed by atoms with Gasteiger partial charge in [-0.25, -0.2) is 0 Å². The summed E-state index contributed by atoms with van der Waals surface area (Å²) in [6, 6.07) is 21.2. The summed E-state index contributed by atoms with van der Waals surface area (Å²) in [6.45, 7) is 9.64. The second-order valence-corrected chi connectivity index (χ2v) is 11.3. The Kier molecular flexibility index (Phi) is 10.7. The highest BCUT2D eigenvalue weighted by Crippen LogP contribution is 2.18. The summed E-state index contributed by atoms with van der Waals surface area (Å²) in [5.41, 5.74) is 0. The van der Waals surface area contributed by atoms with E-state index in [0.717, 1.165) is 13.0 Å². The van der Waals surface area contributed by atoms with Gasteiger partial charge in [-0.1, -0.05) is 120 Å². The van der Waals surface area contributed by atoms with Crippen LogP contribution >= 0.6 is 0 Å². The average Bonchev–Trinajstić information content (AvgIpc) is 2.75. The van der Waals surface area contributed by atoms with Gasteiger partial charge in [0.1, 0.15) is 0 Å². The van der Waals surface area contributed by atoms with E-state index in [-0.39, 0.29) is 6.10 Å². The second-order valence-electron chi connectivity index (χ2n) is 8.39. The fourth-order valence-electron chi connectivity index (χ4n) is 3.49. The predicted octanol–water partition coefficient (Wildman–Crippen LogP) is 6.07. The molecule has 1 unspecified atom stereocenters. The molecule has 0 aliphatic heterocycles. The molecule has 1 atom stereocenters. The van der Waals surface area contributed by atoms with Crippen molar-refractivity contribution in [2.45, 2.75) is 78.7 Å². The number of benzene rings is 2. The standard InChI is InChI=1S/C26H40O2Si/c1-5-6-7-8-9-10-17-22-27-29(28-24(4)23(2)3,25-18-13-11-14-19-25)26-20-15-12-16-21-26/h11-16,18-21,23-24H,5-10,17,22H2,1-4H3. The van der Waals surface area contributed by atoms with Crippen LogP contribution in [0, 0.1) is 5.92 Å². The molecule has 0 saturated heterocycles. The maximum Gasteiger partial charge on any atom is 0.407 e. The summed E-state index contributed by atoms with van der Waals surface area (Å²) in [6.07, 6.45) is 9.13. The minimum absolute atomic E-state index is 0.135. The van der Waals surface area contributed by atoms with Gasteiger partial charge in [0.2, 0.25) is 0 Å². The van der Waals surface area contributed by atoms with E-state index in [1.807, 2.05) is 0 Å². The van der Waals surface area contributed by atoms with Gasteiger partial charge in [0.15, 0.2) is 0 Å². The van der Waals surface area contributed by atoms with E-state index < -0.39 is 8.56 Å². The zero-order valence-corrected chi connectivity index (χ0v) is 19.9. The normalized spacial score (nSPS) is 13.0.